The average Bonchev–Trinajstić information content (AvgIpc) is 2.80. The number of pyridine rings is 1. The highest BCUT2D eigenvalue weighted by atomic mass is 19.3. The van der Waals surface area contributed by atoms with E-state index in [-0.39, 0.29) is 25.7 Å². The maximum atomic E-state index is 14.2. The van der Waals surface area contributed by atoms with Crippen molar-refractivity contribution in [2.45, 2.75) is 56.9 Å². The molecule has 1 aromatic carbocycles. The van der Waals surface area contributed by atoms with E-state index in [9.17, 15) is 23.5 Å². The summed E-state index contributed by atoms with van der Waals surface area (Å²) in [6.45, 7) is 0.923. The number of aromatic nitrogens is 1. The molecule has 0 bridgehead atoms. The Kier molecular flexibility index (Phi) is 6.63. The van der Waals surface area contributed by atoms with E-state index in [4.69, 9.17) is 0 Å². The zero-order valence-electron chi connectivity index (χ0n) is 18.5. The zero-order chi connectivity index (χ0) is 23.5. The number of anilines is 2. The summed E-state index contributed by atoms with van der Waals surface area (Å²) in [5.74, 6) is -3.47. The minimum absolute atomic E-state index is 0.178. The third kappa shape index (κ3) is 5.15. The number of carbonyl (C=O) groups is 2. The summed E-state index contributed by atoms with van der Waals surface area (Å²) < 4.78 is 28.4. The molecule has 1 saturated heterocycles. The van der Waals surface area contributed by atoms with Crippen LogP contribution < -0.4 is 9.80 Å². The topological polar surface area (TPSA) is 73.7 Å². The van der Waals surface area contributed by atoms with Crippen LogP contribution in [0.1, 0.15) is 44.9 Å². The number of carboxylic acids is 1. The van der Waals surface area contributed by atoms with E-state index in [1.807, 2.05) is 23.1 Å². The number of carboxylic acid groups (broad SMARTS) is 1. The Labute approximate surface area is 192 Å². The number of alkyl halides is 2. The van der Waals surface area contributed by atoms with Gasteiger partial charge in [0, 0.05) is 50.3 Å². The van der Waals surface area contributed by atoms with Gasteiger partial charge in [0.25, 0.3) is 0 Å². The maximum absolute atomic E-state index is 14.2. The standard InChI is InChI=1S/C25H29F2N3O3/c26-25(27)11-6-9-20(17-25)30(19-7-2-1-3-8-19)22(31)18-24(23(32)33)12-15-29(16-13-24)21-10-4-5-14-28-21/h1-5,7-8,10,14,20H,6,9,11-13,15-18H2,(H,32,33)/t20-/m1/s1. The van der Waals surface area contributed by atoms with Gasteiger partial charge in [-0.3, -0.25) is 9.59 Å². The van der Waals surface area contributed by atoms with Crippen molar-refractivity contribution in [3.05, 3.63) is 54.7 Å². The fraction of sp³-hybridized carbons (Fsp3) is 0.480. The lowest BCUT2D eigenvalue weighted by Gasteiger charge is -2.42. The van der Waals surface area contributed by atoms with Crippen molar-refractivity contribution in [1.29, 1.82) is 0 Å². The van der Waals surface area contributed by atoms with E-state index < -0.39 is 35.7 Å². The van der Waals surface area contributed by atoms with Crippen LogP contribution in [-0.4, -0.2) is 47.0 Å². The number of hydrogen-bond acceptors (Lipinski definition) is 4. The van der Waals surface area contributed by atoms with Gasteiger partial charge in [-0.05, 0) is 49.9 Å². The molecule has 8 heteroatoms. The Morgan fingerprint density at radius 3 is 2.36 bits per heavy atom. The Balaban J connectivity index is 1.55. The van der Waals surface area contributed by atoms with Crippen LogP contribution in [-0.2, 0) is 9.59 Å². The molecule has 4 rings (SSSR count). The maximum Gasteiger partial charge on any atom is 0.310 e. The SMILES string of the molecule is O=C(CC1(C(=O)O)CCN(c2ccccn2)CC1)N(c1ccccc1)[C@@H]1CCCC(F)(F)C1. The molecule has 1 N–H and O–H groups in total. The normalized spacial score (nSPS) is 21.9. The quantitative estimate of drug-likeness (QED) is 0.678. The molecule has 1 aliphatic heterocycles. The molecule has 0 unspecified atom stereocenters. The van der Waals surface area contributed by atoms with Crippen molar-refractivity contribution in [2.24, 2.45) is 5.41 Å². The predicted octanol–water partition coefficient (Wildman–Crippen LogP) is 4.75. The van der Waals surface area contributed by atoms with Crippen LogP contribution >= 0.6 is 0 Å². The summed E-state index contributed by atoms with van der Waals surface area (Å²) in [7, 11) is 0. The van der Waals surface area contributed by atoms with Crippen molar-refractivity contribution in [3.8, 4) is 0 Å². The zero-order valence-corrected chi connectivity index (χ0v) is 18.5. The molecule has 6 nitrogen and oxygen atoms in total. The van der Waals surface area contributed by atoms with Crippen molar-refractivity contribution in [1.82, 2.24) is 4.98 Å². The van der Waals surface area contributed by atoms with Crippen LogP contribution in [0.4, 0.5) is 20.3 Å². The lowest BCUT2D eigenvalue weighted by Crippen LogP contribution is -2.51. The molecule has 1 aromatic heterocycles. The summed E-state index contributed by atoms with van der Waals surface area (Å²) in [4.78, 5) is 33.7. The van der Waals surface area contributed by atoms with E-state index in [1.165, 1.54) is 4.90 Å². The number of carbonyl (C=O) groups excluding carboxylic acids is 1. The highest BCUT2D eigenvalue weighted by Gasteiger charge is 2.46. The average molecular weight is 458 g/mol. The van der Waals surface area contributed by atoms with Crippen LogP contribution in [0, 0.1) is 5.41 Å². The second kappa shape index (κ2) is 9.45. The van der Waals surface area contributed by atoms with Gasteiger partial charge >= 0.3 is 5.97 Å². The third-order valence-corrected chi connectivity index (χ3v) is 6.92. The molecule has 176 valence electrons. The molecule has 1 amide bonds. The smallest absolute Gasteiger partial charge is 0.310 e. The van der Waals surface area contributed by atoms with Crippen LogP contribution in [0.15, 0.2) is 54.7 Å². The number of hydrogen-bond donors (Lipinski definition) is 1. The molecule has 2 aliphatic rings. The van der Waals surface area contributed by atoms with Gasteiger partial charge in [0.05, 0.1) is 5.41 Å². The van der Waals surface area contributed by atoms with E-state index in [0.717, 1.165) is 5.82 Å². The fourth-order valence-electron chi connectivity index (χ4n) is 5.06. The van der Waals surface area contributed by atoms with E-state index in [0.29, 0.717) is 31.6 Å². The highest BCUT2D eigenvalue weighted by molar-refractivity contribution is 5.97. The summed E-state index contributed by atoms with van der Waals surface area (Å²) in [6.07, 6.45) is 2.28. The largest absolute Gasteiger partial charge is 0.481 e. The number of amides is 1. The molecule has 2 fully saturated rings. The Hall–Kier alpha value is -3.03. The van der Waals surface area contributed by atoms with Gasteiger partial charge in [-0.1, -0.05) is 24.3 Å². The van der Waals surface area contributed by atoms with Crippen molar-refractivity contribution < 1.29 is 23.5 Å². The highest BCUT2D eigenvalue weighted by Crippen LogP contribution is 2.41. The summed E-state index contributed by atoms with van der Waals surface area (Å²) in [5, 5.41) is 10.1. The van der Waals surface area contributed by atoms with Gasteiger partial charge in [-0.25, -0.2) is 13.8 Å². The van der Waals surface area contributed by atoms with Gasteiger partial charge in [0.2, 0.25) is 11.8 Å². The fourth-order valence-corrected chi connectivity index (χ4v) is 5.06. The first-order valence-electron chi connectivity index (χ1n) is 11.4. The van der Waals surface area contributed by atoms with Crippen LogP contribution in [0.5, 0.6) is 0 Å². The molecule has 1 aliphatic carbocycles. The van der Waals surface area contributed by atoms with Crippen molar-refractivity contribution >= 4 is 23.4 Å². The summed E-state index contributed by atoms with van der Waals surface area (Å²) in [6, 6.07) is 13.7. The minimum atomic E-state index is -2.82. The van der Waals surface area contributed by atoms with E-state index >= 15 is 0 Å². The lowest BCUT2D eigenvalue weighted by atomic mass is 9.75. The molecule has 2 heterocycles. The molecular formula is C25H29F2N3O3. The number of nitrogens with zero attached hydrogens (tertiary/aromatic N) is 3. The predicted molar refractivity (Wildman–Crippen MR) is 122 cm³/mol. The van der Waals surface area contributed by atoms with Crippen LogP contribution in [0.3, 0.4) is 0 Å². The Morgan fingerprint density at radius 1 is 1.06 bits per heavy atom. The number of halogens is 2. The van der Waals surface area contributed by atoms with Crippen molar-refractivity contribution in [3.63, 3.8) is 0 Å². The minimum Gasteiger partial charge on any atom is -0.481 e. The number of benzene rings is 1. The van der Waals surface area contributed by atoms with Crippen molar-refractivity contribution in [2.75, 3.05) is 22.9 Å². The molecule has 1 atom stereocenters. The first-order chi connectivity index (χ1) is 15.8. The second-order valence-electron chi connectivity index (χ2n) is 9.14. The number of rotatable bonds is 6. The summed E-state index contributed by atoms with van der Waals surface area (Å²) >= 11 is 0. The summed E-state index contributed by atoms with van der Waals surface area (Å²) in [5.41, 5.74) is -0.691. The molecule has 0 spiro atoms. The van der Waals surface area contributed by atoms with Gasteiger partial charge in [0.1, 0.15) is 5.82 Å². The number of piperidine rings is 1. The van der Waals surface area contributed by atoms with E-state index in [2.05, 4.69) is 4.98 Å². The Bertz CT molecular complexity index is 963. The van der Waals surface area contributed by atoms with E-state index in [1.54, 1.807) is 36.5 Å². The van der Waals surface area contributed by atoms with Crippen LogP contribution in [0.25, 0.3) is 0 Å². The Morgan fingerprint density at radius 2 is 1.76 bits per heavy atom. The molecule has 33 heavy (non-hydrogen) atoms. The second-order valence-corrected chi connectivity index (χ2v) is 9.14. The van der Waals surface area contributed by atoms with Gasteiger partial charge in [-0.2, -0.15) is 0 Å². The van der Waals surface area contributed by atoms with Gasteiger partial charge in [-0.15, -0.1) is 0 Å². The number of aliphatic carboxylic acids is 1. The lowest BCUT2D eigenvalue weighted by molar-refractivity contribution is -0.153. The van der Waals surface area contributed by atoms with Crippen LogP contribution in [0.2, 0.25) is 0 Å². The molecule has 1 saturated carbocycles. The third-order valence-electron chi connectivity index (χ3n) is 6.92. The first kappa shape index (κ1) is 23.1. The monoisotopic (exact) mass is 457 g/mol. The van der Waals surface area contributed by atoms with Gasteiger partial charge in [0.15, 0.2) is 0 Å². The molecular weight excluding hydrogens is 428 g/mol. The van der Waals surface area contributed by atoms with Gasteiger partial charge < -0.3 is 14.9 Å². The first-order valence-corrected chi connectivity index (χ1v) is 11.4. The molecule has 2 aromatic rings. The number of para-hydroxylation sites is 1. The molecule has 0 radical (unpaired) electrons.